The molecule has 1 aliphatic heterocycles. The number of carbonyl (C=O) groups is 1. The molecule has 9 nitrogen and oxygen atoms in total. The second-order valence-corrected chi connectivity index (χ2v) is 9.53. The van der Waals surface area contributed by atoms with E-state index in [0.717, 1.165) is 55.8 Å². The van der Waals surface area contributed by atoms with Crippen molar-refractivity contribution < 1.29 is 14.3 Å². The van der Waals surface area contributed by atoms with Gasteiger partial charge in [-0.15, -0.1) is 0 Å². The maximum Gasteiger partial charge on any atom is 0.318 e. The standard InChI is InChI=1S/C27H34N6O3/c1-4-24(34)32-10-12-33(13-11-32)26-20-8-7-19(25-18(2)6-9-22-21(25)17-28-31-22)16-23(20)29-27(30-26)36-15-5-14-35-3/h4,6,9,17,19H,1,5,7-8,10-16H2,2-3H3,(H,28,31). The van der Waals surface area contributed by atoms with Crippen molar-refractivity contribution in [1.29, 1.82) is 0 Å². The summed E-state index contributed by atoms with van der Waals surface area (Å²) in [6.45, 7) is 9.69. The summed E-state index contributed by atoms with van der Waals surface area (Å²) in [4.78, 5) is 25.9. The topological polar surface area (TPSA) is 96.5 Å². The molecule has 0 bridgehead atoms. The third-order valence-corrected chi connectivity index (χ3v) is 7.31. The fraction of sp³-hybridized carbons (Fsp3) is 0.481. The van der Waals surface area contributed by atoms with E-state index in [1.54, 1.807) is 7.11 Å². The normalized spacial score (nSPS) is 17.8. The van der Waals surface area contributed by atoms with Crippen LogP contribution in [0, 0.1) is 6.92 Å². The van der Waals surface area contributed by atoms with E-state index < -0.39 is 0 Å². The Morgan fingerprint density at radius 2 is 2.06 bits per heavy atom. The molecule has 36 heavy (non-hydrogen) atoms. The average molecular weight is 491 g/mol. The van der Waals surface area contributed by atoms with Crippen molar-refractivity contribution >= 4 is 22.6 Å². The van der Waals surface area contributed by atoms with Gasteiger partial charge in [0.05, 0.1) is 24.0 Å². The van der Waals surface area contributed by atoms with E-state index in [2.05, 4.69) is 40.7 Å². The quantitative estimate of drug-likeness (QED) is 0.383. The Kier molecular flexibility index (Phi) is 7.18. The Morgan fingerprint density at radius 3 is 2.83 bits per heavy atom. The van der Waals surface area contributed by atoms with Crippen LogP contribution in [0.3, 0.4) is 0 Å². The number of H-pyrrole nitrogens is 1. The Hall–Kier alpha value is -3.46. The van der Waals surface area contributed by atoms with Crippen LogP contribution in [-0.4, -0.2) is 77.5 Å². The summed E-state index contributed by atoms with van der Waals surface area (Å²) in [5.74, 6) is 1.28. The van der Waals surface area contributed by atoms with Crippen LogP contribution in [0.4, 0.5) is 5.82 Å². The molecule has 1 aliphatic carbocycles. The number of aromatic nitrogens is 4. The van der Waals surface area contributed by atoms with Gasteiger partial charge in [-0.3, -0.25) is 9.89 Å². The first-order valence-corrected chi connectivity index (χ1v) is 12.7. The number of carbonyl (C=O) groups excluding carboxylic acids is 1. The van der Waals surface area contributed by atoms with Crippen LogP contribution in [0.15, 0.2) is 31.0 Å². The number of rotatable bonds is 8. The van der Waals surface area contributed by atoms with Crippen molar-refractivity contribution in [2.45, 2.75) is 38.5 Å². The third kappa shape index (κ3) is 4.80. The Bertz CT molecular complexity index is 1250. The highest BCUT2D eigenvalue weighted by atomic mass is 16.5. The van der Waals surface area contributed by atoms with Gasteiger partial charge in [-0.1, -0.05) is 12.6 Å². The predicted octanol–water partition coefficient (Wildman–Crippen LogP) is 3.18. The Balaban J connectivity index is 1.44. The van der Waals surface area contributed by atoms with Crippen LogP contribution in [0.2, 0.25) is 0 Å². The molecule has 1 aromatic carbocycles. The van der Waals surface area contributed by atoms with Crippen LogP contribution >= 0.6 is 0 Å². The molecule has 2 aromatic heterocycles. The van der Waals surface area contributed by atoms with Crippen molar-refractivity contribution in [1.82, 2.24) is 25.1 Å². The molecule has 2 aliphatic rings. The number of fused-ring (bicyclic) bond motifs is 2. The summed E-state index contributed by atoms with van der Waals surface area (Å²) in [5, 5.41) is 8.58. The summed E-state index contributed by atoms with van der Waals surface area (Å²) in [6.07, 6.45) is 6.86. The number of anilines is 1. The van der Waals surface area contributed by atoms with Crippen LogP contribution < -0.4 is 9.64 Å². The van der Waals surface area contributed by atoms with E-state index in [9.17, 15) is 4.79 Å². The number of nitrogens with one attached hydrogen (secondary N) is 1. The minimum Gasteiger partial charge on any atom is -0.463 e. The van der Waals surface area contributed by atoms with Gasteiger partial charge in [0.1, 0.15) is 5.82 Å². The molecule has 1 amide bonds. The highest BCUT2D eigenvalue weighted by molar-refractivity contribution is 5.87. The SMILES string of the molecule is C=CC(=O)N1CCN(c2nc(OCCCOC)nc3c2CCC(c2c(C)ccc4[nH]ncc24)C3)CC1. The van der Waals surface area contributed by atoms with Crippen LogP contribution in [0.5, 0.6) is 6.01 Å². The number of ether oxygens (including phenoxy) is 2. The first kappa shape index (κ1) is 24.2. The number of hydrogen-bond donors (Lipinski definition) is 1. The number of amides is 1. The number of aromatic amines is 1. The predicted molar refractivity (Wildman–Crippen MR) is 139 cm³/mol. The number of benzene rings is 1. The Labute approximate surface area is 211 Å². The molecule has 1 fully saturated rings. The van der Waals surface area contributed by atoms with E-state index in [4.69, 9.17) is 19.4 Å². The fourth-order valence-electron chi connectivity index (χ4n) is 5.47. The van der Waals surface area contributed by atoms with Crippen molar-refractivity contribution in [2.24, 2.45) is 0 Å². The van der Waals surface area contributed by atoms with Crippen molar-refractivity contribution in [3.05, 3.63) is 53.4 Å². The van der Waals surface area contributed by atoms with Crippen molar-refractivity contribution in [3.63, 3.8) is 0 Å². The lowest BCUT2D eigenvalue weighted by atomic mass is 9.79. The molecule has 5 rings (SSSR count). The highest BCUT2D eigenvalue weighted by Gasteiger charge is 2.30. The zero-order valence-corrected chi connectivity index (χ0v) is 21.1. The minimum absolute atomic E-state index is 0.0202. The molecular weight excluding hydrogens is 456 g/mol. The monoisotopic (exact) mass is 490 g/mol. The van der Waals surface area contributed by atoms with E-state index in [-0.39, 0.29) is 5.91 Å². The number of methoxy groups -OCH3 is 1. The third-order valence-electron chi connectivity index (χ3n) is 7.31. The van der Waals surface area contributed by atoms with Gasteiger partial charge in [0.2, 0.25) is 5.91 Å². The number of hydrogen-bond acceptors (Lipinski definition) is 7. The van der Waals surface area contributed by atoms with E-state index in [1.165, 1.54) is 28.2 Å². The maximum absolute atomic E-state index is 12.1. The number of piperazine rings is 1. The van der Waals surface area contributed by atoms with Gasteiger partial charge in [-0.2, -0.15) is 15.1 Å². The van der Waals surface area contributed by atoms with Crippen molar-refractivity contribution in [3.8, 4) is 6.01 Å². The summed E-state index contributed by atoms with van der Waals surface area (Å²) >= 11 is 0. The zero-order chi connectivity index (χ0) is 25.1. The molecule has 0 radical (unpaired) electrons. The van der Waals surface area contributed by atoms with Gasteiger partial charge in [0.15, 0.2) is 0 Å². The van der Waals surface area contributed by atoms with Gasteiger partial charge in [-0.05, 0) is 55.4 Å². The summed E-state index contributed by atoms with van der Waals surface area (Å²) in [7, 11) is 1.69. The molecule has 1 N–H and O–H groups in total. The highest BCUT2D eigenvalue weighted by Crippen LogP contribution is 2.40. The summed E-state index contributed by atoms with van der Waals surface area (Å²) in [5.41, 5.74) is 5.97. The van der Waals surface area contributed by atoms with Gasteiger partial charge >= 0.3 is 6.01 Å². The molecule has 0 spiro atoms. The van der Waals surface area contributed by atoms with Crippen LogP contribution in [0.25, 0.3) is 10.9 Å². The Morgan fingerprint density at radius 1 is 1.22 bits per heavy atom. The molecular formula is C27H34N6O3. The lowest BCUT2D eigenvalue weighted by Gasteiger charge is -2.37. The van der Waals surface area contributed by atoms with Gasteiger partial charge in [0, 0.05) is 57.3 Å². The zero-order valence-electron chi connectivity index (χ0n) is 21.1. The van der Waals surface area contributed by atoms with E-state index >= 15 is 0 Å². The number of nitrogens with zero attached hydrogens (tertiary/aromatic N) is 5. The minimum atomic E-state index is -0.0202. The lowest BCUT2D eigenvalue weighted by Crippen LogP contribution is -2.49. The summed E-state index contributed by atoms with van der Waals surface area (Å²) < 4.78 is 11.1. The molecule has 190 valence electrons. The molecule has 0 saturated carbocycles. The van der Waals surface area contributed by atoms with Crippen LogP contribution in [0.1, 0.15) is 41.1 Å². The average Bonchev–Trinajstić information content (AvgIpc) is 3.39. The van der Waals surface area contributed by atoms with E-state index in [1.807, 2.05) is 11.1 Å². The van der Waals surface area contributed by atoms with Gasteiger partial charge in [-0.25, -0.2) is 0 Å². The molecule has 1 saturated heterocycles. The molecule has 3 aromatic rings. The first-order valence-electron chi connectivity index (χ1n) is 12.7. The maximum atomic E-state index is 12.1. The smallest absolute Gasteiger partial charge is 0.318 e. The van der Waals surface area contributed by atoms with Crippen molar-refractivity contribution in [2.75, 3.05) is 51.4 Å². The molecule has 1 atom stereocenters. The second-order valence-electron chi connectivity index (χ2n) is 9.53. The lowest BCUT2D eigenvalue weighted by molar-refractivity contribution is -0.126. The number of aryl methyl sites for hydroxylation is 1. The van der Waals surface area contributed by atoms with E-state index in [0.29, 0.717) is 38.2 Å². The molecule has 3 heterocycles. The van der Waals surface area contributed by atoms with Gasteiger partial charge < -0.3 is 19.3 Å². The molecule has 1 unspecified atom stereocenters. The first-order chi connectivity index (χ1) is 17.6. The molecule has 9 heteroatoms. The van der Waals surface area contributed by atoms with Crippen LogP contribution in [-0.2, 0) is 22.4 Å². The largest absolute Gasteiger partial charge is 0.463 e. The van der Waals surface area contributed by atoms with Gasteiger partial charge in [0.25, 0.3) is 0 Å². The summed E-state index contributed by atoms with van der Waals surface area (Å²) in [6, 6.07) is 4.69. The fourth-order valence-corrected chi connectivity index (χ4v) is 5.47. The second kappa shape index (κ2) is 10.7.